The highest BCUT2D eigenvalue weighted by Crippen LogP contribution is 2.29. The van der Waals surface area contributed by atoms with E-state index in [0.717, 1.165) is 36.3 Å². The molecule has 0 radical (unpaired) electrons. The van der Waals surface area contributed by atoms with E-state index in [4.69, 9.17) is 13.3 Å². The van der Waals surface area contributed by atoms with Crippen LogP contribution in [0.1, 0.15) is 54.9 Å². The van der Waals surface area contributed by atoms with E-state index in [1.807, 2.05) is 0 Å². The van der Waals surface area contributed by atoms with Crippen molar-refractivity contribution in [2.45, 2.75) is 104 Å². The van der Waals surface area contributed by atoms with Crippen LogP contribution in [0, 0.1) is 0 Å². The van der Waals surface area contributed by atoms with E-state index in [1.54, 1.807) is 0 Å². The maximum Gasteiger partial charge on any atom is 0.242 e. The largest absolute Gasteiger partial charge is 0.380 e. The molecular weight excluding hydrogens is 324 g/mol. The zero-order chi connectivity index (χ0) is 17.1. The Morgan fingerprint density at radius 2 is 1.05 bits per heavy atom. The van der Waals surface area contributed by atoms with Crippen molar-refractivity contribution in [1.29, 1.82) is 0 Å². The minimum Gasteiger partial charge on any atom is -0.380 e. The normalized spacial score (nSPS) is 13.6. The van der Waals surface area contributed by atoms with Crippen LogP contribution in [0.2, 0.25) is 42.3 Å². The van der Waals surface area contributed by atoms with Crippen LogP contribution in [-0.4, -0.2) is 32.9 Å². The average Bonchev–Trinajstić information content (AvgIpc) is 2.57. The SMILES string of the molecule is CCC[SiH2]OC(O[Si](CC)(CC)CC)O[Si](CC)(CC)CC. The van der Waals surface area contributed by atoms with E-state index in [-0.39, 0.29) is 6.48 Å². The minimum atomic E-state index is -1.68. The van der Waals surface area contributed by atoms with Gasteiger partial charge in [-0.2, -0.15) is 0 Å². The molecule has 0 N–H and O–H groups in total. The Balaban J connectivity index is 5.01. The molecule has 0 heterocycles. The summed E-state index contributed by atoms with van der Waals surface area (Å²) < 4.78 is 19.3. The van der Waals surface area contributed by atoms with E-state index in [2.05, 4.69) is 48.5 Å². The summed E-state index contributed by atoms with van der Waals surface area (Å²) in [5.74, 6) is 0. The van der Waals surface area contributed by atoms with Gasteiger partial charge in [0.1, 0.15) is 0 Å². The van der Waals surface area contributed by atoms with Gasteiger partial charge in [-0.05, 0) is 42.3 Å². The molecule has 0 aliphatic carbocycles. The van der Waals surface area contributed by atoms with Crippen molar-refractivity contribution in [2.75, 3.05) is 0 Å². The molecule has 0 unspecified atom stereocenters. The van der Waals surface area contributed by atoms with Gasteiger partial charge >= 0.3 is 0 Å². The maximum absolute atomic E-state index is 6.56. The third kappa shape index (κ3) is 6.97. The number of hydrogen-bond donors (Lipinski definition) is 0. The van der Waals surface area contributed by atoms with Gasteiger partial charge in [0, 0.05) is 0 Å². The van der Waals surface area contributed by atoms with Crippen LogP contribution in [0.5, 0.6) is 0 Å². The molecule has 0 saturated heterocycles. The molecule has 0 saturated carbocycles. The van der Waals surface area contributed by atoms with E-state index < -0.39 is 26.4 Å². The van der Waals surface area contributed by atoms with E-state index in [1.165, 1.54) is 12.5 Å². The first-order valence-corrected chi connectivity index (χ1v) is 16.1. The minimum absolute atomic E-state index is 0.365. The van der Waals surface area contributed by atoms with Crippen molar-refractivity contribution in [2.24, 2.45) is 0 Å². The first-order chi connectivity index (χ1) is 10.5. The van der Waals surface area contributed by atoms with Gasteiger partial charge in [-0.15, -0.1) is 0 Å². The summed E-state index contributed by atoms with van der Waals surface area (Å²) in [5.41, 5.74) is 0. The Labute approximate surface area is 143 Å². The van der Waals surface area contributed by atoms with Crippen molar-refractivity contribution < 1.29 is 13.3 Å². The Morgan fingerprint density at radius 3 is 1.32 bits per heavy atom. The standard InChI is InChI=1S/C16H40O3Si3/c1-8-15-20-17-16(18-21(9-2,10-3)11-4)19-22(12-5,13-6)14-7/h16H,8-15,20H2,1-7H3. The predicted molar refractivity (Wildman–Crippen MR) is 105 cm³/mol. The van der Waals surface area contributed by atoms with Crippen molar-refractivity contribution in [3.05, 3.63) is 0 Å². The van der Waals surface area contributed by atoms with Gasteiger partial charge in [-0.3, -0.25) is 0 Å². The van der Waals surface area contributed by atoms with Gasteiger partial charge < -0.3 is 13.3 Å². The molecule has 0 aromatic rings. The van der Waals surface area contributed by atoms with E-state index in [0.29, 0.717) is 0 Å². The zero-order valence-corrected chi connectivity index (χ0v) is 19.6. The summed E-state index contributed by atoms with van der Waals surface area (Å²) in [7, 11) is -3.89. The molecule has 0 fully saturated rings. The smallest absolute Gasteiger partial charge is 0.242 e. The number of hydrogen-bond acceptors (Lipinski definition) is 3. The summed E-state index contributed by atoms with van der Waals surface area (Å²) in [6.07, 6.45) is 1.20. The Hall–Kier alpha value is 0.531. The highest BCUT2D eigenvalue weighted by Gasteiger charge is 2.37. The van der Waals surface area contributed by atoms with Crippen molar-refractivity contribution >= 4 is 26.4 Å². The van der Waals surface area contributed by atoms with Crippen LogP contribution in [0.4, 0.5) is 0 Å². The van der Waals surface area contributed by atoms with Crippen LogP contribution in [0.3, 0.4) is 0 Å². The summed E-state index contributed by atoms with van der Waals surface area (Å²) in [4.78, 5) is 0. The maximum atomic E-state index is 6.56. The Morgan fingerprint density at radius 1 is 0.682 bits per heavy atom. The van der Waals surface area contributed by atoms with Crippen molar-refractivity contribution in [3.8, 4) is 0 Å². The molecule has 0 aliphatic heterocycles. The molecular formula is C16H40O3Si3. The third-order valence-corrected chi connectivity index (χ3v) is 15.9. The predicted octanol–water partition coefficient (Wildman–Crippen LogP) is 5.24. The highest BCUT2D eigenvalue weighted by atomic mass is 28.4. The number of rotatable bonds is 14. The van der Waals surface area contributed by atoms with Crippen LogP contribution in [-0.2, 0) is 13.3 Å². The van der Waals surface area contributed by atoms with Crippen molar-refractivity contribution in [1.82, 2.24) is 0 Å². The fourth-order valence-electron chi connectivity index (χ4n) is 2.82. The first kappa shape index (κ1) is 22.5. The molecule has 0 atom stereocenters. The summed E-state index contributed by atoms with van der Waals surface area (Å²) in [5, 5.41) is 0. The molecule has 0 aromatic carbocycles. The van der Waals surface area contributed by atoms with Crippen LogP contribution < -0.4 is 0 Å². The molecule has 0 rings (SSSR count). The van der Waals surface area contributed by atoms with E-state index in [9.17, 15) is 0 Å². The molecule has 22 heavy (non-hydrogen) atoms. The molecule has 134 valence electrons. The molecule has 0 bridgehead atoms. The van der Waals surface area contributed by atoms with E-state index >= 15 is 0 Å². The second-order valence-corrected chi connectivity index (χ2v) is 17.1. The average molecular weight is 365 g/mol. The lowest BCUT2D eigenvalue weighted by atomic mass is 10.6. The summed E-state index contributed by atoms with van der Waals surface area (Å²) in [6, 6.07) is 8.11. The third-order valence-electron chi connectivity index (χ3n) is 5.31. The van der Waals surface area contributed by atoms with Gasteiger partial charge in [0.05, 0.1) is 0 Å². The second kappa shape index (κ2) is 12.0. The topological polar surface area (TPSA) is 27.7 Å². The Bertz CT molecular complexity index is 231. The van der Waals surface area contributed by atoms with Gasteiger partial charge in [0.25, 0.3) is 0 Å². The Kier molecular flexibility index (Phi) is 12.3. The lowest BCUT2D eigenvalue weighted by Crippen LogP contribution is -2.48. The molecule has 6 heteroatoms. The van der Waals surface area contributed by atoms with Gasteiger partial charge in [0.15, 0.2) is 26.4 Å². The fraction of sp³-hybridized carbons (Fsp3) is 1.00. The molecule has 0 aromatic heterocycles. The van der Waals surface area contributed by atoms with Crippen LogP contribution in [0.25, 0.3) is 0 Å². The van der Waals surface area contributed by atoms with Gasteiger partial charge in [0.2, 0.25) is 6.48 Å². The van der Waals surface area contributed by atoms with Crippen LogP contribution >= 0.6 is 0 Å². The van der Waals surface area contributed by atoms with Crippen LogP contribution in [0.15, 0.2) is 0 Å². The summed E-state index contributed by atoms with van der Waals surface area (Å²) in [6.45, 7) is 15.5. The molecule has 0 amide bonds. The fourth-order valence-corrected chi connectivity index (χ4v) is 9.03. The second-order valence-electron chi connectivity index (χ2n) is 6.24. The zero-order valence-electron chi connectivity index (χ0n) is 16.2. The summed E-state index contributed by atoms with van der Waals surface area (Å²) >= 11 is 0. The highest BCUT2D eigenvalue weighted by molar-refractivity contribution is 6.74. The monoisotopic (exact) mass is 364 g/mol. The van der Waals surface area contributed by atoms with Gasteiger partial charge in [-0.25, -0.2) is 0 Å². The lowest BCUT2D eigenvalue weighted by molar-refractivity contribution is -0.155. The lowest BCUT2D eigenvalue weighted by Gasteiger charge is -2.38. The van der Waals surface area contributed by atoms with Crippen molar-refractivity contribution in [3.63, 3.8) is 0 Å². The van der Waals surface area contributed by atoms with Gasteiger partial charge in [-0.1, -0.05) is 54.9 Å². The quantitative estimate of drug-likeness (QED) is 0.239. The first-order valence-electron chi connectivity index (χ1n) is 9.48. The molecule has 0 spiro atoms. The molecule has 0 aliphatic rings. The molecule has 3 nitrogen and oxygen atoms in total.